The van der Waals surface area contributed by atoms with Gasteiger partial charge in [-0.1, -0.05) is 17.7 Å². The van der Waals surface area contributed by atoms with E-state index in [0.29, 0.717) is 6.04 Å². The van der Waals surface area contributed by atoms with E-state index in [2.05, 4.69) is 33.4 Å². The second-order valence-corrected chi connectivity index (χ2v) is 6.30. The molecule has 3 rings (SSSR count). The molecule has 5 nitrogen and oxygen atoms in total. The largest absolute Gasteiger partial charge is 0.317 e. The molecule has 2 heterocycles. The maximum atomic E-state index is 6.16. The van der Waals surface area contributed by atoms with Gasteiger partial charge < -0.3 is 5.32 Å². The first-order valence-corrected chi connectivity index (χ1v) is 8.16. The number of rotatable bonds is 4. The Labute approximate surface area is 148 Å². The highest BCUT2D eigenvalue weighted by molar-refractivity contribution is 6.30. The molecule has 0 spiro atoms. The van der Waals surface area contributed by atoms with Gasteiger partial charge in [-0.05, 0) is 57.1 Å². The SMILES string of the molecule is CN(Cc1ccc(Cl)cc1-n1cncn1)C1CCCNCC1.Cl. The molecule has 1 atom stereocenters. The number of nitrogens with one attached hydrogen (secondary N) is 1. The first-order chi connectivity index (χ1) is 10.7. The number of hydrogen-bond acceptors (Lipinski definition) is 4. The van der Waals surface area contributed by atoms with Gasteiger partial charge in [-0.2, -0.15) is 5.10 Å². The van der Waals surface area contributed by atoms with Gasteiger partial charge >= 0.3 is 0 Å². The fourth-order valence-electron chi connectivity index (χ4n) is 3.06. The van der Waals surface area contributed by atoms with Crippen molar-refractivity contribution in [1.29, 1.82) is 0 Å². The molecule has 1 fully saturated rings. The second kappa shape index (κ2) is 8.64. The van der Waals surface area contributed by atoms with E-state index in [1.54, 1.807) is 17.3 Å². The number of aromatic nitrogens is 3. The van der Waals surface area contributed by atoms with Gasteiger partial charge in [-0.15, -0.1) is 12.4 Å². The first kappa shape index (κ1) is 18.2. The quantitative estimate of drug-likeness (QED) is 0.915. The van der Waals surface area contributed by atoms with Crippen molar-refractivity contribution in [3.8, 4) is 5.69 Å². The van der Waals surface area contributed by atoms with E-state index < -0.39 is 0 Å². The molecule has 1 N–H and O–H groups in total. The fourth-order valence-corrected chi connectivity index (χ4v) is 3.22. The Balaban J connectivity index is 0.00000192. The van der Waals surface area contributed by atoms with Crippen LogP contribution in [0.2, 0.25) is 5.02 Å². The van der Waals surface area contributed by atoms with Crippen LogP contribution in [-0.2, 0) is 6.54 Å². The maximum absolute atomic E-state index is 6.16. The van der Waals surface area contributed by atoms with Gasteiger partial charge in [0.1, 0.15) is 12.7 Å². The average molecular weight is 356 g/mol. The lowest BCUT2D eigenvalue weighted by atomic mass is 10.1. The standard InChI is InChI=1S/C16H22ClN5.ClH/c1-21(15-3-2-7-18-8-6-15)10-13-4-5-14(17)9-16(13)22-12-19-11-20-22;/h4-5,9,11-12,15,18H,2-3,6-8,10H2,1H3;1H. The molecule has 0 radical (unpaired) electrons. The van der Waals surface area contributed by atoms with Crippen molar-refractivity contribution >= 4 is 24.0 Å². The summed E-state index contributed by atoms with van der Waals surface area (Å²) in [5.74, 6) is 0. The van der Waals surface area contributed by atoms with Crippen LogP contribution in [0.25, 0.3) is 5.69 Å². The van der Waals surface area contributed by atoms with Crippen LogP contribution in [0.15, 0.2) is 30.9 Å². The predicted octanol–water partition coefficient (Wildman–Crippen LogP) is 2.92. The highest BCUT2D eigenvalue weighted by Crippen LogP contribution is 2.22. The van der Waals surface area contributed by atoms with E-state index in [0.717, 1.165) is 30.3 Å². The summed E-state index contributed by atoms with van der Waals surface area (Å²) in [6.45, 7) is 3.12. The van der Waals surface area contributed by atoms with E-state index in [4.69, 9.17) is 11.6 Å². The Morgan fingerprint density at radius 2 is 2.22 bits per heavy atom. The van der Waals surface area contributed by atoms with Crippen molar-refractivity contribution in [1.82, 2.24) is 25.0 Å². The lowest BCUT2D eigenvalue weighted by Crippen LogP contribution is -2.32. The summed E-state index contributed by atoms with van der Waals surface area (Å²) >= 11 is 6.16. The zero-order valence-corrected chi connectivity index (χ0v) is 14.9. The molecule has 7 heteroatoms. The highest BCUT2D eigenvalue weighted by atomic mass is 35.5. The molecule has 1 unspecified atom stereocenters. The summed E-state index contributed by atoms with van der Waals surface area (Å²) < 4.78 is 1.78. The molecule has 0 bridgehead atoms. The number of benzene rings is 1. The molecular formula is C16H23Cl2N5. The van der Waals surface area contributed by atoms with Crippen molar-refractivity contribution in [2.24, 2.45) is 0 Å². The van der Waals surface area contributed by atoms with Crippen LogP contribution in [0.3, 0.4) is 0 Å². The lowest BCUT2D eigenvalue weighted by molar-refractivity contribution is 0.216. The van der Waals surface area contributed by atoms with Crippen LogP contribution < -0.4 is 5.32 Å². The Hall–Kier alpha value is -1.14. The summed E-state index contributed by atoms with van der Waals surface area (Å²) in [7, 11) is 2.20. The third-order valence-corrected chi connectivity index (χ3v) is 4.54. The van der Waals surface area contributed by atoms with Crippen LogP contribution in [0.5, 0.6) is 0 Å². The summed E-state index contributed by atoms with van der Waals surface area (Å²) in [6, 6.07) is 6.60. The Bertz CT molecular complexity index is 595. The van der Waals surface area contributed by atoms with E-state index in [-0.39, 0.29) is 12.4 Å². The van der Waals surface area contributed by atoms with Crippen molar-refractivity contribution in [3.05, 3.63) is 41.4 Å². The Morgan fingerprint density at radius 3 is 3.00 bits per heavy atom. The Kier molecular flexibility index (Phi) is 6.84. The van der Waals surface area contributed by atoms with Crippen molar-refractivity contribution in [3.63, 3.8) is 0 Å². The minimum Gasteiger partial charge on any atom is -0.317 e. The van der Waals surface area contributed by atoms with Crippen LogP contribution in [0.1, 0.15) is 24.8 Å². The molecule has 23 heavy (non-hydrogen) atoms. The van der Waals surface area contributed by atoms with Crippen LogP contribution in [0.4, 0.5) is 0 Å². The van der Waals surface area contributed by atoms with E-state index in [1.807, 2.05) is 12.1 Å². The van der Waals surface area contributed by atoms with Gasteiger partial charge in [0, 0.05) is 17.6 Å². The number of hydrogen-bond donors (Lipinski definition) is 1. The zero-order valence-electron chi connectivity index (χ0n) is 13.3. The first-order valence-electron chi connectivity index (χ1n) is 7.78. The van der Waals surface area contributed by atoms with Gasteiger partial charge in [0.25, 0.3) is 0 Å². The van der Waals surface area contributed by atoms with Crippen LogP contribution in [-0.4, -0.2) is 45.8 Å². The Morgan fingerprint density at radius 1 is 1.35 bits per heavy atom. The lowest BCUT2D eigenvalue weighted by Gasteiger charge is -2.27. The summed E-state index contributed by atoms with van der Waals surface area (Å²) in [6.07, 6.45) is 6.94. The third-order valence-electron chi connectivity index (χ3n) is 4.30. The fraction of sp³-hybridized carbons (Fsp3) is 0.500. The summed E-state index contributed by atoms with van der Waals surface area (Å²) in [5, 5.41) is 8.43. The van der Waals surface area contributed by atoms with Crippen molar-refractivity contribution in [2.45, 2.75) is 31.8 Å². The van der Waals surface area contributed by atoms with Gasteiger partial charge in [-0.25, -0.2) is 9.67 Å². The van der Waals surface area contributed by atoms with Gasteiger partial charge in [0.05, 0.1) is 5.69 Å². The molecule has 126 valence electrons. The zero-order chi connectivity index (χ0) is 15.4. The molecular weight excluding hydrogens is 333 g/mol. The minimum absolute atomic E-state index is 0. The van der Waals surface area contributed by atoms with Crippen molar-refractivity contribution in [2.75, 3.05) is 20.1 Å². The molecule has 1 aromatic carbocycles. The third kappa shape index (κ3) is 4.67. The molecule has 0 saturated carbocycles. The minimum atomic E-state index is 0. The molecule has 0 amide bonds. The normalized spacial score (nSPS) is 18.5. The maximum Gasteiger partial charge on any atom is 0.138 e. The van der Waals surface area contributed by atoms with Gasteiger partial charge in [-0.3, -0.25) is 4.90 Å². The molecule has 1 aliphatic heterocycles. The molecule has 1 aliphatic rings. The predicted molar refractivity (Wildman–Crippen MR) is 95.6 cm³/mol. The molecule has 0 aliphatic carbocycles. The second-order valence-electron chi connectivity index (χ2n) is 5.86. The van der Waals surface area contributed by atoms with Gasteiger partial charge in [0.15, 0.2) is 0 Å². The number of nitrogens with zero attached hydrogens (tertiary/aromatic N) is 4. The summed E-state index contributed by atoms with van der Waals surface area (Å²) in [5.41, 5.74) is 2.22. The number of halogens is 2. The van der Waals surface area contributed by atoms with E-state index in [1.165, 1.54) is 24.8 Å². The van der Waals surface area contributed by atoms with Crippen molar-refractivity contribution < 1.29 is 0 Å². The monoisotopic (exact) mass is 355 g/mol. The molecule has 1 saturated heterocycles. The van der Waals surface area contributed by atoms with Crippen LogP contribution >= 0.6 is 24.0 Å². The van der Waals surface area contributed by atoms with Crippen LogP contribution in [0, 0.1) is 0 Å². The summed E-state index contributed by atoms with van der Waals surface area (Å²) in [4.78, 5) is 6.48. The molecule has 2 aromatic rings. The van der Waals surface area contributed by atoms with Gasteiger partial charge in [0.2, 0.25) is 0 Å². The average Bonchev–Trinajstić information content (AvgIpc) is 2.91. The highest BCUT2D eigenvalue weighted by Gasteiger charge is 2.18. The molecule has 1 aromatic heterocycles. The topological polar surface area (TPSA) is 46.0 Å². The smallest absolute Gasteiger partial charge is 0.138 e. The van der Waals surface area contributed by atoms with E-state index >= 15 is 0 Å². The van der Waals surface area contributed by atoms with E-state index in [9.17, 15) is 0 Å².